The van der Waals surface area contributed by atoms with Crippen LogP contribution in [-0.4, -0.2) is 17.8 Å². The van der Waals surface area contributed by atoms with Gasteiger partial charge in [0.05, 0.1) is 11.3 Å². The minimum absolute atomic E-state index is 0.170. The second-order valence-corrected chi connectivity index (χ2v) is 8.54. The highest BCUT2D eigenvalue weighted by atomic mass is 16.6. The van der Waals surface area contributed by atoms with Gasteiger partial charge >= 0.3 is 5.97 Å². The number of rotatable bonds is 3. The first kappa shape index (κ1) is 23.5. The molecule has 168 valence electrons. The molecular weight excluding hydrogens is 398 g/mol. The average Bonchev–Trinajstić information content (AvgIpc) is 2.73. The fourth-order valence-corrected chi connectivity index (χ4v) is 3.79. The molecule has 32 heavy (non-hydrogen) atoms. The number of hydrogen-bond acceptors (Lipinski definition) is 4. The Morgan fingerprint density at radius 3 is 2.53 bits per heavy atom. The molecule has 2 aromatic carbocycles. The number of nitrogens with zero attached hydrogens (tertiary/aromatic N) is 1. The smallest absolute Gasteiger partial charge is 0.338 e. The van der Waals surface area contributed by atoms with Crippen LogP contribution in [0.3, 0.4) is 0 Å². The molecule has 0 aromatic heterocycles. The normalized spacial score (nSPS) is 20.7. The van der Waals surface area contributed by atoms with Gasteiger partial charge in [-0.2, -0.15) is 0 Å². The standard InChI is InChI=1S/C28H33NO3/c1-20-12-14-24(15-13-20)19-31-29-26-11-9-7-5-6-8-10-23(4)32-28(30)27-22(3)16-21(2)17-25(27)18-26/h6,8-9,11-17,23H,5,7,10,18-19H2,1-4H3/b8-6+,11-9+,29-26?. The zero-order valence-electron chi connectivity index (χ0n) is 19.6. The minimum atomic E-state index is -0.278. The molecule has 1 aliphatic heterocycles. The number of fused-ring (bicyclic) bond motifs is 1. The fraction of sp³-hybridized carbons (Fsp3) is 0.357. The van der Waals surface area contributed by atoms with E-state index in [9.17, 15) is 4.79 Å². The first-order valence-corrected chi connectivity index (χ1v) is 11.3. The van der Waals surface area contributed by atoms with Crippen LogP contribution in [0.25, 0.3) is 0 Å². The molecule has 4 heteroatoms. The second kappa shape index (κ2) is 11.5. The number of carbonyl (C=O) groups excluding carboxylic acids is 1. The van der Waals surface area contributed by atoms with Crippen LogP contribution in [0.5, 0.6) is 0 Å². The predicted octanol–water partition coefficient (Wildman–Crippen LogP) is 6.57. The number of ether oxygens (including phenoxy) is 1. The molecular formula is C28H33NO3. The van der Waals surface area contributed by atoms with Crippen molar-refractivity contribution in [2.24, 2.45) is 5.16 Å². The van der Waals surface area contributed by atoms with Crippen molar-refractivity contribution in [1.82, 2.24) is 0 Å². The van der Waals surface area contributed by atoms with Crippen LogP contribution < -0.4 is 0 Å². The van der Waals surface area contributed by atoms with Gasteiger partial charge in [0, 0.05) is 12.8 Å². The molecule has 1 atom stereocenters. The van der Waals surface area contributed by atoms with Crippen LogP contribution in [-0.2, 0) is 22.6 Å². The van der Waals surface area contributed by atoms with E-state index in [4.69, 9.17) is 9.57 Å². The third-order valence-electron chi connectivity index (χ3n) is 5.42. The van der Waals surface area contributed by atoms with Gasteiger partial charge in [0.1, 0.15) is 12.7 Å². The minimum Gasteiger partial charge on any atom is -0.459 e. The number of benzene rings is 2. The first-order valence-electron chi connectivity index (χ1n) is 11.3. The van der Waals surface area contributed by atoms with E-state index in [0.29, 0.717) is 18.6 Å². The van der Waals surface area contributed by atoms with Crippen LogP contribution in [0.1, 0.15) is 64.4 Å². The highest BCUT2D eigenvalue weighted by molar-refractivity contribution is 5.99. The van der Waals surface area contributed by atoms with Crippen LogP contribution in [0, 0.1) is 20.8 Å². The van der Waals surface area contributed by atoms with E-state index in [1.165, 1.54) is 5.56 Å². The molecule has 0 N–H and O–H groups in total. The van der Waals surface area contributed by atoms with E-state index in [1.54, 1.807) is 0 Å². The quantitative estimate of drug-likeness (QED) is 0.314. The van der Waals surface area contributed by atoms with Crippen LogP contribution >= 0.6 is 0 Å². The molecule has 4 nitrogen and oxygen atoms in total. The highest BCUT2D eigenvalue weighted by Crippen LogP contribution is 2.21. The highest BCUT2D eigenvalue weighted by Gasteiger charge is 2.20. The molecule has 1 unspecified atom stereocenters. The average molecular weight is 432 g/mol. The summed E-state index contributed by atoms with van der Waals surface area (Å²) < 4.78 is 5.75. The summed E-state index contributed by atoms with van der Waals surface area (Å²) >= 11 is 0. The van der Waals surface area contributed by atoms with Gasteiger partial charge in [0.2, 0.25) is 0 Å². The molecule has 2 aromatic rings. The van der Waals surface area contributed by atoms with Crippen molar-refractivity contribution < 1.29 is 14.4 Å². The van der Waals surface area contributed by atoms with Gasteiger partial charge in [0.25, 0.3) is 0 Å². The Morgan fingerprint density at radius 2 is 1.75 bits per heavy atom. The van der Waals surface area contributed by atoms with Gasteiger partial charge in [-0.1, -0.05) is 70.9 Å². The number of hydrogen-bond donors (Lipinski definition) is 0. The lowest BCUT2D eigenvalue weighted by atomic mass is 9.95. The van der Waals surface area contributed by atoms with E-state index in [0.717, 1.165) is 47.2 Å². The Morgan fingerprint density at radius 1 is 1.00 bits per heavy atom. The Balaban J connectivity index is 1.89. The third kappa shape index (κ3) is 6.94. The summed E-state index contributed by atoms with van der Waals surface area (Å²) in [5.41, 5.74) is 6.63. The van der Waals surface area contributed by atoms with Crippen molar-refractivity contribution >= 4 is 11.7 Å². The number of aryl methyl sites for hydroxylation is 3. The molecule has 1 heterocycles. The summed E-state index contributed by atoms with van der Waals surface area (Å²) in [6.45, 7) is 8.40. The summed E-state index contributed by atoms with van der Waals surface area (Å²) in [5, 5.41) is 4.43. The van der Waals surface area contributed by atoms with Crippen LogP contribution in [0.4, 0.5) is 0 Å². The van der Waals surface area contributed by atoms with Gasteiger partial charge < -0.3 is 9.57 Å². The number of oxime groups is 1. The molecule has 0 amide bonds. The molecule has 0 fully saturated rings. The van der Waals surface area contributed by atoms with Crippen LogP contribution in [0.2, 0.25) is 0 Å². The van der Waals surface area contributed by atoms with Crippen molar-refractivity contribution in [3.63, 3.8) is 0 Å². The molecule has 0 bridgehead atoms. The first-order chi connectivity index (χ1) is 15.4. The number of carbonyl (C=O) groups is 1. The topological polar surface area (TPSA) is 47.9 Å². The summed E-state index contributed by atoms with van der Waals surface area (Å²) in [6, 6.07) is 12.3. The van der Waals surface area contributed by atoms with Gasteiger partial charge in [-0.3, -0.25) is 0 Å². The van der Waals surface area contributed by atoms with Gasteiger partial charge in [0.15, 0.2) is 0 Å². The fourth-order valence-electron chi connectivity index (χ4n) is 3.79. The molecule has 1 aliphatic rings. The van der Waals surface area contributed by atoms with Gasteiger partial charge in [-0.05, 0) is 63.3 Å². The zero-order valence-corrected chi connectivity index (χ0v) is 19.6. The third-order valence-corrected chi connectivity index (χ3v) is 5.42. The Bertz CT molecular complexity index is 1020. The Hall–Kier alpha value is -3.14. The molecule has 0 saturated carbocycles. The van der Waals surface area contributed by atoms with E-state index in [2.05, 4.69) is 42.4 Å². The summed E-state index contributed by atoms with van der Waals surface area (Å²) in [7, 11) is 0. The Kier molecular flexibility index (Phi) is 8.43. The van der Waals surface area contributed by atoms with Crippen molar-refractivity contribution in [3.8, 4) is 0 Å². The summed E-state index contributed by atoms with van der Waals surface area (Å²) in [6.07, 6.45) is 11.2. The number of esters is 1. The van der Waals surface area contributed by atoms with E-state index < -0.39 is 0 Å². The number of cyclic esters (lactones) is 1. The molecule has 0 spiro atoms. The van der Waals surface area contributed by atoms with E-state index in [1.807, 2.05) is 51.1 Å². The maximum absolute atomic E-state index is 13.0. The maximum Gasteiger partial charge on any atom is 0.338 e. The van der Waals surface area contributed by atoms with Crippen molar-refractivity contribution in [1.29, 1.82) is 0 Å². The van der Waals surface area contributed by atoms with Gasteiger partial charge in [-0.25, -0.2) is 4.79 Å². The van der Waals surface area contributed by atoms with Gasteiger partial charge in [-0.15, -0.1) is 0 Å². The predicted molar refractivity (Wildman–Crippen MR) is 130 cm³/mol. The SMILES string of the molecule is Cc1ccc(CON=C2/C=C/CC/C=C/CC(C)OC(=O)c3c(C)cc(C)cc3C2)cc1. The lowest BCUT2D eigenvalue weighted by Crippen LogP contribution is -2.18. The molecule has 0 radical (unpaired) electrons. The summed E-state index contributed by atoms with van der Waals surface area (Å²) in [5.74, 6) is -0.278. The summed E-state index contributed by atoms with van der Waals surface area (Å²) in [4.78, 5) is 18.7. The van der Waals surface area contributed by atoms with E-state index >= 15 is 0 Å². The largest absolute Gasteiger partial charge is 0.459 e. The van der Waals surface area contributed by atoms with Crippen LogP contribution in [0.15, 0.2) is 65.9 Å². The maximum atomic E-state index is 13.0. The van der Waals surface area contributed by atoms with E-state index in [-0.39, 0.29) is 12.1 Å². The van der Waals surface area contributed by atoms with Crippen molar-refractivity contribution in [2.45, 2.75) is 66.1 Å². The molecule has 0 saturated heterocycles. The lowest BCUT2D eigenvalue weighted by molar-refractivity contribution is 0.0346. The second-order valence-electron chi connectivity index (χ2n) is 8.54. The molecule has 0 aliphatic carbocycles. The monoisotopic (exact) mass is 431 g/mol. The van der Waals surface area contributed by atoms with Crippen molar-refractivity contribution in [3.05, 3.63) is 94.1 Å². The van der Waals surface area contributed by atoms with Crippen molar-refractivity contribution in [2.75, 3.05) is 0 Å². The lowest BCUT2D eigenvalue weighted by Gasteiger charge is -2.17. The zero-order chi connectivity index (χ0) is 22.9. The number of allylic oxidation sites excluding steroid dienone is 3. The Labute approximate surface area is 191 Å². The molecule has 3 rings (SSSR count).